The summed E-state index contributed by atoms with van der Waals surface area (Å²) in [4.78, 5) is 25.5. The number of alkyl halides is 1. The van der Waals surface area contributed by atoms with E-state index in [9.17, 15) is 9.59 Å². The predicted molar refractivity (Wildman–Crippen MR) is 89.5 cm³/mol. The fraction of sp³-hybridized carbons (Fsp3) is 0.200. The Hall–Kier alpha value is -1.66. The summed E-state index contributed by atoms with van der Waals surface area (Å²) in [6.45, 7) is 0.465. The Morgan fingerprint density at radius 1 is 1.19 bits per heavy atom. The lowest BCUT2D eigenvalue weighted by atomic mass is 10.2. The van der Waals surface area contributed by atoms with E-state index in [2.05, 4.69) is 15.9 Å². The van der Waals surface area contributed by atoms with E-state index in [1.807, 2.05) is 35.7 Å². The zero-order chi connectivity index (χ0) is 15.0. The average Bonchev–Trinajstić information content (AvgIpc) is 2.94. The number of rotatable bonds is 3. The fourth-order valence-corrected chi connectivity index (χ4v) is 4.05. The standard InChI is InChI=1S/C15H13BrN2O2S/c1-17-13(19)12-11(7-16)9-21-14(12)18(15(17)20)8-10-5-3-2-4-6-10/h2-6,9H,7-8H2,1H3. The molecule has 0 fully saturated rings. The molecular formula is C15H13BrN2O2S. The first-order chi connectivity index (χ1) is 10.1. The minimum absolute atomic E-state index is 0.227. The van der Waals surface area contributed by atoms with Gasteiger partial charge in [-0.25, -0.2) is 4.79 Å². The van der Waals surface area contributed by atoms with Crippen LogP contribution in [0.25, 0.3) is 10.2 Å². The van der Waals surface area contributed by atoms with Gasteiger partial charge >= 0.3 is 5.69 Å². The van der Waals surface area contributed by atoms with Gasteiger partial charge in [0.2, 0.25) is 0 Å². The minimum Gasteiger partial charge on any atom is -0.280 e. The Balaban J connectivity index is 2.30. The maximum absolute atomic E-state index is 12.4. The van der Waals surface area contributed by atoms with Crippen molar-refractivity contribution in [3.05, 3.63) is 67.7 Å². The Bertz CT molecular complexity index is 909. The highest BCUT2D eigenvalue weighted by Crippen LogP contribution is 2.24. The van der Waals surface area contributed by atoms with Crippen LogP contribution in [0.2, 0.25) is 0 Å². The van der Waals surface area contributed by atoms with Crippen molar-refractivity contribution in [1.82, 2.24) is 9.13 Å². The van der Waals surface area contributed by atoms with E-state index >= 15 is 0 Å². The number of aromatic nitrogens is 2. The van der Waals surface area contributed by atoms with E-state index in [1.165, 1.54) is 23.0 Å². The predicted octanol–water partition coefficient (Wildman–Crippen LogP) is 2.70. The van der Waals surface area contributed by atoms with Gasteiger partial charge in [-0.1, -0.05) is 46.3 Å². The second kappa shape index (κ2) is 5.61. The van der Waals surface area contributed by atoms with E-state index in [0.717, 1.165) is 16.0 Å². The molecule has 0 aliphatic heterocycles. The lowest BCUT2D eigenvalue weighted by Gasteiger charge is -2.10. The van der Waals surface area contributed by atoms with Crippen molar-refractivity contribution >= 4 is 37.5 Å². The molecule has 0 N–H and O–H groups in total. The van der Waals surface area contributed by atoms with Crippen molar-refractivity contribution in [1.29, 1.82) is 0 Å². The van der Waals surface area contributed by atoms with Gasteiger partial charge in [0.1, 0.15) is 4.83 Å². The Labute approximate surface area is 133 Å². The second-order valence-corrected chi connectivity index (χ2v) is 6.21. The van der Waals surface area contributed by atoms with Gasteiger partial charge < -0.3 is 0 Å². The van der Waals surface area contributed by atoms with Crippen LogP contribution in [0.4, 0.5) is 0 Å². The van der Waals surface area contributed by atoms with E-state index in [-0.39, 0.29) is 11.2 Å². The summed E-state index contributed by atoms with van der Waals surface area (Å²) in [6.07, 6.45) is 0. The molecule has 2 aromatic heterocycles. The zero-order valence-corrected chi connectivity index (χ0v) is 13.8. The van der Waals surface area contributed by atoms with Crippen molar-refractivity contribution in [2.45, 2.75) is 11.9 Å². The lowest BCUT2D eigenvalue weighted by molar-refractivity contribution is 0.677. The molecule has 108 valence electrons. The molecule has 0 spiro atoms. The van der Waals surface area contributed by atoms with Crippen molar-refractivity contribution in [2.75, 3.05) is 0 Å². The van der Waals surface area contributed by atoms with Crippen molar-refractivity contribution in [2.24, 2.45) is 7.05 Å². The van der Waals surface area contributed by atoms with Gasteiger partial charge in [-0.15, -0.1) is 11.3 Å². The fourth-order valence-electron chi connectivity index (χ4n) is 2.34. The van der Waals surface area contributed by atoms with Gasteiger partial charge in [-0.2, -0.15) is 0 Å². The quantitative estimate of drug-likeness (QED) is 0.670. The van der Waals surface area contributed by atoms with Crippen LogP contribution in [0, 0.1) is 0 Å². The first-order valence-electron chi connectivity index (χ1n) is 6.43. The number of fused-ring (bicyclic) bond motifs is 1. The summed E-state index contributed by atoms with van der Waals surface area (Å²) in [5, 5.41) is 3.17. The van der Waals surface area contributed by atoms with E-state index in [0.29, 0.717) is 17.3 Å². The molecule has 21 heavy (non-hydrogen) atoms. The molecule has 2 heterocycles. The van der Waals surface area contributed by atoms with Gasteiger partial charge in [0, 0.05) is 12.4 Å². The highest BCUT2D eigenvalue weighted by molar-refractivity contribution is 9.08. The van der Waals surface area contributed by atoms with Crippen LogP contribution in [-0.4, -0.2) is 9.13 Å². The zero-order valence-electron chi connectivity index (χ0n) is 11.4. The average molecular weight is 365 g/mol. The molecule has 4 nitrogen and oxygen atoms in total. The normalized spacial score (nSPS) is 11.1. The van der Waals surface area contributed by atoms with Crippen LogP contribution >= 0.6 is 27.3 Å². The Morgan fingerprint density at radius 3 is 2.57 bits per heavy atom. The highest BCUT2D eigenvalue weighted by atomic mass is 79.9. The number of hydrogen-bond donors (Lipinski definition) is 0. The Morgan fingerprint density at radius 2 is 1.90 bits per heavy atom. The third-order valence-electron chi connectivity index (χ3n) is 3.46. The Kier molecular flexibility index (Phi) is 3.82. The number of nitrogens with zero attached hydrogens (tertiary/aromatic N) is 2. The molecule has 0 atom stereocenters. The first-order valence-corrected chi connectivity index (χ1v) is 8.43. The number of thiophene rings is 1. The van der Waals surface area contributed by atoms with Crippen molar-refractivity contribution in [3.63, 3.8) is 0 Å². The summed E-state index contributed by atoms with van der Waals surface area (Å²) in [6, 6.07) is 9.77. The SMILES string of the molecule is Cn1c(=O)c2c(CBr)csc2n(Cc2ccccc2)c1=O. The maximum atomic E-state index is 12.4. The molecule has 3 aromatic rings. The van der Waals surface area contributed by atoms with Gasteiger partial charge in [-0.3, -0.25) is 13.9 Å². The molecule has 3 rings (SSSR count). The first kappa shape index (κ1) is 14.3. The lowest BCUT2D eigenvalue weighted by Crippen LogP contribution is -2.38. The van der Waals surface area contributed by atoms with Crippen LogP contribution in [0.15, 0.2) is 45.3 Å². The van der Waals surface area contributed by atoms with Crippen LogP contribution < -0.4 is 11.2 Å². The van der Waals surface area contributed by atoms with E-state index in [1.54, 1.807) is 4.57 Å². The molecule has 0 aliphatic rings. The molecule has 0 amide bonds. The molecule has 0 bridgehead atoms. The van der Waals surface area contributed by atoms with Gasteiger partial charge in [0.25, 0.3) is 5.56 Å². The summed E-state index contributed by atoms with van der Waals surface area (Å²) in [5.41, 5.74) is 1.46. The highest BCUT2D eigenvalue weighted by Gasteiger charge is 2.15. The molecule has 0 saturated heterocycles. The van der Waals surface area contributed by atoms with Crippen LogP contribution in [0.1, 0.15) is 11.1 Å². The third-order valence-corrected chi connectivity index (χ3v) is 5.11. The summed E-state index contributed by atoms with van der Waals surface area (Å²) in [5.74, 6) is 0. The molecule has 0 aliphatic carbocycles. The summed E-state index contributed by atoms with van der Waals surface area (Å²) >= 11 is 4.84. The smallest absolute Gasteiger partial charge is 0.280 e. The van der Waals surface area contributed by atoms with Crippen molar-refractivity contribution in [3.8, 4) is 0 Å². The maximum Gasteiger partial charge on any atom is 0.332 e. The molecule has 0 radical (unpaired) electrons. The summed E-state index contributed by atoms with van der Waals surface area (Å²) in [7, 11) is 1.53. The third kappa shape index (κ3) is 2.38. The summed E-state index contributed by atoms with van der Waals surface area (Å²) < 4.78 is 2.85. The number of hydrogen-bond acceptors (Lipinski definition) is 3. The van der Waals surface area contributed by atoms with Gasteiger partial charge in [0.05, 0.1) is 11.9 Å². The number of benzene rings is 1. The van der Waals surface area contributed by atoms with Gasteiger partial charge in [-0.05, 0) is 16.5 Å². The monoisotopic (exact) mass is 364 g/mol. The molecule has 0 unspecified atom stereocenters. The largest absolute Gasteiger partial charge is 0.332 e. The second-order valence-electron chi connectivity index (χ2n) is 4.79. The van der Waals surface area contributed by atoms with Gasteiger partial charge in [0.15, 0.2) is 0 Å². The molecule has 6 heteroatoms. The van der Waals surface area contributed by atoms with Crippen LogP contribution in [0.3, 0.4) is 0 Å². The molecule has 1 aromatic carbocycles. The number of halogens is 1. The van der Waals surface area contributed by atoms with Crippen molar-refractivity contribution < 1.29 is 0 Å². The minimum atomic E-state index is -0.278. The topological polar surface area (TPSA) is 44.0 Å². The van der Waals surface area contributed by atoms with E-state index in [4.69, 9.17) is 0 Å². The van der Waals surface area contributed by atoms with Crippen LogP contribution in [0.5, 0.6) is 0 Å². The molecular weight excluding hydrogens is 352 g/mol. The van der Waals surface area contributed by atoms with Crippen LogP contribution in [-0.2, 0) is 18.9 Å². The van der Waals surface area contributed by atoms with E-state index < -0.39 is 0 Å². The molecule has 0 saturated carbocycles.